The van der Waals surface area contributed by atoms with Gasteiger partial charge < -0.3 is 9.80 Å². The second kappa shape index (κ2) is 6.55. The van der Waals surface area contributed by atoms with Crippen LogP contribution in [0.25, 0.3) is 0 Å². The van der Waals surface area contributed by atoms with Crippen LogP contribution in [-0.4, -0.2) is 64.9 Å². The number of likely N-dealkylation sites (N-methyl/N-ethyl adjacent to an activating group) is 1. The highest BCUT2D eigenvalue weighted by Crippen LogP contribution is 2.36. The summed E-state index contributed by atoms with van der Waals surface area (Å²) in [5.74, 6) is -0.00675. The Morgan fingerprint density at radius 2 is 1.71 bits per heavy atom. The van der Waals surface area contributed by atoms with E-state index >= 15 is 0 Å². The summed E-state index contributed by atoms with van der Waals surface area (Å²) in [5, 5.41) is 0. The lowest BCUT2D eigenvalue weighted by Gasteiger charge is -2.40. The number of rotatable bonds is 4. The summed E-state index contributed by atoms with van der Waals surface area (Å²) in [6.07, 6.45) is 2.48. The van der Waals surface area contributed by atoms with Gasteiger partial charge in [-0.3, -0.25) is 9.69 Å². The molecule has 0 unspecified atom stereocenters. The van der Waals surface area contributed by atoms with Crippen LogP contribution in [0.3, 0.4) is 0 Å². The first-order chi connectivity index (χ1) is 11.5. The number of benzene rings is 1. The minimum atomic E-state index is -0.620. The number of carbonyl (C=O) groups excluding carboxylic acids is 2. The quantitative estimate of drug-likeness (QED) is 0.797. The van der Waals surface area contributed by atoms with E-state index < -0.39 is 5.54 Å². The number of amides is 3. The van der Waals surface area contributed by atoms with Gasteiger partial charge in [-0.05, 0) is 38.7 Å². The molecule has 0 saturated carbocycles. The predicted octanol–water partition coefficient (Wildman–Crippen LogP) is 2.37. The smallest absolute Gasteiger partial charge is 0.312 e. The van der Waals surface area contributed by atoms with Gasteiger partial charge in [0.05, 0.1) is 0 Å². The molecular formula is C19H27N3O2. The zero-order valence-corrected chi connectivity index (χ0v) is 14.9. The Bertz CT molecular complexity index is 606. The lowest BCUT2D eigenvalue weighted by molar-refractivity contribution is -0.136. The first-order valence-corrected chi connectivity index (χ1v) is 8.83. The zero-order chi connectivity index (χ0) is 17.3. The van der Waals surface area contributed by atoms with E-state index in [1.165, 1.54) is 10.5 Å². The highest BCUT2D eigenvalue weighted by Gasteiger charge is 2.56. The molecule has 0 N–H and O–H groups in total. The molecule has 24 heavy (non-hydrogen) atoms. The van der Waals surface area contributed by atoms with E-state index in [4.69, 9.17) is 0 Å². The molecule has 3 rings (SSSR count). The van der Waals surface area contributed by atoms with E-state index in [1.54, 1.807) is 11.9 Å². The van der Waals surface area contributed by atoms with Crippen molar-refractivity contribution in [3.05, 3.63) is 35.9 Å². The number of carbonyl (C=O) groups is 2. The Kier molecular flexibility index (Phi) is 4.63. The van der Waals surface area contributed by atoms with Crippen LogP contribution >= 0.6 is 0 Å². The molecule has 1 aromatic carbocycles. The van der Waals surface area contributed by atoms with Crippen LogP contribution in [0.5, 0.6) is 0 Å². The van der Waals surface area contributed by atoms with Crippen LogP contribution in [0.15, 0.2) is 30.3 Å². The molecule has 3 amide bonds. The van der Waals surface area contributed by atoms with Gasteiger partial charge in [-0.1, -0.05) is 30.3 Å². The van der Waals surface area contributed by atoms with Gasteiger partial charge in [0.15, 0.2) is 0 Å². The van der Waals surface area contributed by atoms with Crippen LogP contribution in [0.4, 0.5) is 4.79 Å². The summed E-state index contributed by atoms with van der Waals surface area (Å²) in [6, 6.07) is 10.2. The van der Waals surface area contributed by atoms with E-state index in [-0.39, 0.29) is 18.0 Å². The van der Waals surface area contributed by atoms with Crippen LogP contribution in [0, 0.1) is 0 Å². The maximum absolute atomic E-state index is 12.9. The van der Waals surface area contributed by atoms with Gasteiger partial charge in [-0.15, -0.1) is 0 Å². The summed E-state index contributed by atoms with van der Waals surface area (Å²) in [6.45, 7) is 6.53. The summed E-state index contributed by atoms with van der Waals surface area (Å²) < 4.78 is 0. The number of hydrogen-bond donors (Lipinski definition) is 0. The van der Waals surface area contributed by atoms with Crippen molar-refractivity contribution in [3.8, 4) is 0 Å². The third-order valence-corrected chi connectivity index (χ3v) is 5.51. The highest BCUT2D eigenvalue weighted by atomic mass is 16.2. The topological polar surface area (TPSA) is 43.9 Å². The first kappa shape index (κ1) is 17.0. The molecule has 5 nitrogen and oxygen atoms in total. The fourth-order valence-corrected chi connectivity index (χ4v) is 3.88. The molecule has 2 aliphatic heterocycles. The number of nitrogens with zero attached hydrogens (tertiary/aromatic N) is 3. The van der Waals surface area contributed by atoms with Crippen LogP contribution in [0.2, 0.25) is 0 Å². The first-order valence-electron chi connectivity index (χ1n) is 8.83. The van der Waals surface area contributed by atoms with Gasteiger partial charge in [0.25, 0.3) is 5.91 Å². The number of hydrogen-bond acceptors (Lipinski definition) is 3. The average molecular weight is 329 g/mol. The molecule has 0 bridgehead atoms. The standard InChI is InChI=1S/C19H27N3O2/c1-15(2)22-17(23)19(20(3)18(22)24)10-13-21(14-11-19)12-9-16-7-5-4-6-8-16/h4-8,15H,9-14H2,1-3H3. The van der Waals surface area contributed by atoms with Crippen molar-refractivity contribution in [3.63, 3.8) is 0 Å². The molecular weight excluding hydrogens is 302 g/mol. The number of likely N-dealkylation sites (tertiary alicyclic amines) is 1. The van der Waals surface area contributed by atoms with Crippen molar-refractivity contribution in [2.45, 2.75) is 44.7 Å². The van der Waals surface area contributed by atoms with Crippen molar-refractivity contribution >= 4 is 11.9 Å². The van der Waals surface area contributed by atoms with Crippen LogP contribution < -0.4 is 0 Å². The van der Waals surface area contributed by atoms with Crippen molar-refractivity contribution < 1.29 is 9.59 Å². The molecule has 5 heteroatoms. The Morgan fingerprint density at radius 1 is 1.08 bits per heavy atom. The molecule has 0 atom stereocenters. The molecule has 1 aromatic rings. The van der Waals surface area contributed by atoms with Crippen molar-refractivity contribution in [2.75, 3.05) is 26.7 Å². The molecule has 0 aliphatic carbocycles. The maximum atomic E-state index is 12.9. The lowest BCUT2D eigenvalue weighted by Crippen LogP contribution is -2.55. The Balaban J connectivity index is 1.62. The molecule has 2 fully saturated rings. The highest BCUT2D eigenvalue weighted by molar-refractivity contribution is 6.07. The van der Waals surface area contributed by atoms with E-state index in [0.29, 0.717) is 0 Å². The summed E-state index contributed by atoms with van der Waals surface area (Å²) in [4.78, 5) is 30.8. The summed E-state index contributed by atoms with van der Waals surface area (Å²) in [5.41, 5.74) is 0.720. The maximum Gasteiger partial charge on any atom is 0.327 e. The van der Waals surface area contributed by atoms with Crippen LogP contribution in [-0.2, 0) is 11.2 Å². The van der Waals surface area contributed by atoms with Gasteiger partial charge in [0.1, 0.15) is 5.54 Å². The molecule has 0 aromatic heterocycles. The third kappa shape index (κ3) is 2.81. The van der Waals surface area contributed by atoms with Gasteiger partial charge in [0, 0.05) is 32.7 Å². The zero-order valence-electron chi connectivity index (χ0n) is 14.9. The fraction of sp³-hybridized carbons (Fsp3) is 0.579. The second-order valence-corrected chi connectivity index (χ2v) is 7.22. The summed E-state index contributed by atoms with van der Waals surface area (Å²) >= 11 is 0. The second-order valence-electron chi connectivity index (χ2n) is 7.22. The van der Waals surface area contributed by atoms with E-state index in [9.17, 15) is 9.59 Å². The average Bonchev–Trinajstić information content (AvgIpc) is 2.77. The molecule has 130 valence electrons. The van der Waals surface area contributed by atoms with Crippen molar-refractivity contribution in [1.29, 1.82) is 0 Å². The van der Waals surface area contributed by atoms with Gasteiger partial charge in [-0.25, -0.2) is 4.79 Å². The number of urea groups is 1. The molecule has 2 heterocycles. The van der Waals surface area contributed by atoms with E-state index in [2.05, 4.69) is 29.2 Å². The SMILES string of the molecule is CC(C)N1C(=O)N(C)C2(CCN(CCc3ccccc3)CC2)C1=O. The summed E-state index contributed by atoms with van der Waals surface area (Å²) in [7, 11) is 1.78. The lowest BCUT2D eigenvalue weighted by atomic mass is 9.86. The van der Waals surface area contributed by atoms with Gasteiger partial charge in [0.2, 0.25) is 0 Å². The van der Waals surface area contributed by atoms with Gasteiger partial charge in [-0.2, -0.15) is 0 Å². The normalized spacial score (nSPS) is 21.3. The molecule has 2 saturated heterocycles. The van der Waals surface area contributed by atoms with Crippen molar-refractivity contribution in [2.24, 2.45) is 0 Å². The van der Waals surface area contributed by atoms with Crippen LogP contribution in [0.1, 0.15) is 32.3 Å². The Labute approximate surface area is 144 Å². The minimum Gasteiger partial charge on any atom is -0.312 e. The number of piperidine rings is 1. The van der Waals surface area contributed by atoms with Crippen molar-refractivity contribution in [1.82, 2.24) is 14.7 Å². The predicted molar refractivity (Wildman–Crippen MR) is 93.7 cm³/mol. The Morgan fingerprint density at radius 3 is 2.25 bits per heavy atom. The minimum absolute atomic E-state index is 0.00675. The Hall–Kier alpha value is -1.88. The fourth-order valence-electron chi connectivity index (χ4n) is 3.88. The molecule has 1 spiro atoms. The monoisotopic (exact) mass is 329 g/mol. The molecule has 0 radical (unpaired) electrons. The van der Waals surface area contributed by atoms with Gasteiger partial charge >= 0.3 is 6.03 Å². The number of imide groups is 1. The molecule has 2 aliphatic rings. The van der Waals surface area contributed by atoms with E-state index in [1.807, 2.05) is 19.9 Å². The van der Waals surface area contributed by atoms with E-state index in [0.717, 1.165) is 38.9 Å². The largest absolute Gasteiger partial charge is 0.327 e. The third-order valence-electron chi connectivity index (χ3n) is 5.51.